The number of non-ortho nitro benzene ring substituents is 1. The Balaban J connectivity index is 1.57. The van der Waals surface area contributed by atoms with Crippen molar-refractivity contribution in [2.24, 2.45) is 0 Å². The summed E-state index contributed by atoms with van der Waals surface area (Å²) in [6, 6.07) is 5.92. The molecule has 24 heavy (non-hydrogen) atoms. The molecule has 2 heterocycles. The zero-order chi connectivity index (χ0) is 16.9. The van der Waals surface area contributed by atoms with E-state index in [0.29, 0.717) is 18.9 Å². The smallest absolute Gasteiger partial charge is 0.269 e. The highest BCUT2D eigenvalue weighted by Gasteiger charge is 2.34. The molecular weight excluding hydrogens is 314 g/mol. The molecule has 1 aromatic carbocycles. The summed E-state index contributed by atoms with van der Waals surface area (Å²) in [5.74, 6) is -0.145. The molecule has 0 aromatic heterocycles. The van der Waals surface area contributed by atoms with Gasteiger partial charge in [0.2, 0.25) is 5.91 Å². The molecule has 2 aliphatic heterocycles. The van der Waals surface area contributed by atoms with Crippen LogP contribution in [0.3, 0.4) is 0 Å². The van der Waals surface area contributed by atoms with Gasteiger partial charge in [0, 0.05) is 17.8 Å². The van der Waals surface area contributed by atoms with E-state index in [1.807, 2.05) is 0 Å². The van der Waals surface area contributed by atoms with Crippen LogP contribution < -0.4 is 5.32 Å². The van der Waals surface area contributed by atoms with Crippen molar-refractivity contribution in [3.8, 4) is 0 Å². The number of amides is 1. The molecule has 8 heteroatoms. The standard InChI is InChI=1S/C16H21N3O5/c20-15(17-12-4-6-13(7-5-12)19(21)22)11-18-8-2-1-3-14(18)16-23-9-10-24-16/h4-7,14,16H,1-3,8-11H2,(H,17,20)/t14-/m1/s1. The molecule has 1 amide bonds. The Morgan fingerprint density at radius 3 is 2.62 bits per heavy atom. The lowest BCUT2D eigenvalue weighted by molar-refractivity contribution is -0.384. The molecule has 0 saturated carbocycles. The van der Waals surface area contributed by atoms with Crippen LogP contribution in [0.5, 0.6) is 0 Å². The van der Waals surface area contributed by atoms with Crippen LogP contribution in [0.25, 0.3) is 0 Å². The summed E-state index contributed by atoms with van der Waals surface area (Å²) in [7, 11) is 0. The lowest BCUT2D eigenvalue weighted by Gasteiger charge is -2.37. The van der Waals surface area contributed by atoms with Gasteiger partial charge in [-0.1, -0.05) is 6.42 Å². The highest BCUT2D eigenvalue weighted by Crippen LogP contribution is 2.24. The molecule has 0 aliphatic carbocycles. The van der Waals surface area contributed by atoms with Gasteiger partial charge in [-0.25, -0.2) is 0 Å². The molecule has 0 unspecified atom stereocenters. The quantitative estimate of drug-likeness (QED) is 0.651. The zero-order valence-corrected chi connectivity index (χ0v) is 13.3. The number of carbonyl (C=O) groups excluding carboxylic acids is 1. The van der Waals surface area contributed by atoms with Gasteiger partial charge in [0.05, 0.1) is 30.7 Å². The first kappa shape index (κ1) is 16.8. The SMILES string of the molecule is O=C(CN1CCCC[C@@H]1C1OCCO1)Nc1ccc([N+](=O)[O-])cc1. The van der Waals surface area contributed by atoms with Crippen molar-refractivity contribution in [2.75, 3.05) is 31.6 Å². The molecule has 3 rings (SSSR count). The number of benzene rings is 1. The molecule has 0 bridgehead atoms. The number of piperidine rings is 1. The van der Waals surface area contributed by atoms with Crippen LogP contribution in [0.4, 0.5) is 11.4 Å². The summed E-state index contributed by atoms with van der Waals surface area (Å²) in [6.45, 7) is 2.29. The minimum Gasteiger partial charge on any atom is -0.349 e. The monoisotopic (exact) mass is 335 g/mol. The Morgan fingerprint density at radius 1 is 1.25 bits per heavy atom. The molecule has 1 aromatic rings. The number of anilines is 1. The molecule has 1 N–H and O–H groups in total. The number of nitro benzene ring substituents is 1. The van der Waals surface area contributed by atoms with E-state index in [2.05, 4.69) is 10.2 Å². The van der Waals surface area contributed by atoms with Gasteiger partial charge in [-0.05, 0) is 31.5 Å². The van der Waals surface area contributed by atoms with Crippen LogP contribution in [0.15, 0.2) is 24.3 Å². The van der Waals surface area contributed by atoms with E-state index in [1.165, 1.54) is 24.3 Å². The van der Waals surface area contributed by atoms with Gasteiger partial charge in [-0.2, -0.15) is 0 Å². The third-order valence-electron chi connectivity index (χ3n) is 4.33. The van der Waals surface area contributed by atoms with Gasteiger partial charge >= 0.3 is 0 Å². The normalized spacial score (nSPS) is 22.4. The summed E-state index contributed by atoms with van der Waals surface area (Å²) < 4.78 is 11.2. The Morgan fingerprint density at radius 2 is 1.96 bits per heavy atom. The lowest BCUT2D eigenvalue weighted by Crippen LogP contribution is -2.50. The van der Waals surface area contributed by atoms with E-state index >= 15 is 0 Å². The maximum absolute atomic E-state index is 12.3. The van der Waals surface area contributed by atoms with Crippen molar-refractivity contribution in [2.45, 2.75) is 31.6 Å². The number of nitro groups is 1. The fourth-order valence-corrected chi connectivity index (χ4v) is 3.17. The van der Waals surface area contributed by atoms with Crippen LogP contribution in [0, 0.1) is 10.1 Å². The average Bonchev–Trinajstić information content (AvgIpc) is 3.10. The Kier molecular flexibility index (Phi) is 5.39. The van der Waals surface area contributed by atoms with Crippen molar-refractivity contribution in [1.29, 1.82) is 0 Å². The van der Waals surface area contributed by atoms with E-state index in [9.17, 15) is 14.9 Å². The van der Waals surface area contributed by atoms with E-state index in [4.69, 9.17) is 9.47 Å². The van der Waals surface area contributed by atoms with Crippen LogP contribution in [-0.4, -0.2) is 54.4 Å². The van der Waals surface area contributed by atoms with E-state index in [0.717, 1.165) is 25.8 Å². The van der Waals surface area contributed by atoms with Gasteiger partial charge in [0.15, 0.2) is 6.29 Å². The summed E-state index contributed by atoms with van der Waals surface area (Å²) in [4.78, 5) is 24.6. The first-order chi connectivity index (χ1) is 11.6. The highest BCUT2D eigenvalue weighted by atomic mass is 16.7. The third kappa shape index (κ3) is 4.08. The van der Waals surface area contributed by atoms with Crippen molar-refractivity contribution in [1.82, 2.24) is 4.90 Å². The largest absolute Gasteiger partial charge is 0.349 e. The van der Waals surface area contributed by atoms with Crippen molar-refractivity contribution in [3.63, 3.8) is 0 Å². The minimum absolute atomic E-state index is 0.000348. The number of carbonyl (C=O) groups is 1. The molecule has 2 saturated heterocycles. The molecule has 1 atom stereocenters. The van der Waals surface area contributed by atoms with Crippen LogP contribution in [-0.2, 0) is 14.3 Å². The second-order valence-corrected chi connectivity index (χ2v) is 6.00. The molecule has 0 spiro atoms. The fraction of sp³-hybridized carbons (Fsp3) is 0.562. The second-order valence-electron chi connectivity index (χ2n) is 6.00. The first-order valence-electron chi connectivity index (χ1n) is 8.15. The Hall–Kier alpha value is -2.03. The summed E-state index contributed by atoms with van der Waals surface area (Å²) in [5, 5.41) is 13.4. The highest BCUT2D eigenvalue weighted by molar-refractivity contribution is 5.92. The first-order valence-corrected chi connectivity index (χ1v) is 8.15. The second kappa shape index (κ2) is 7.69. The summed E-state index contributed by atoms with van der Waals surface area (Å²) in [5.41, 5.74) is 0.548. The van der Waals surface area contributed by atoms with Gasteiger partial charge < -0.3 is 14.8 Å². The Labute approximate surface area is 139 Å². The number of likely N-dealkylation sites (tertiary alicyclic amines) is 1. The van der Waals surface area contributed by atoms with Gasteiger partial charge in [-0.3, -0.25) is 19.8 Å². The molecule has 130 valence electrons. The maximum Gasteiger partial charge on any atom is 0.269 e. The number of hydrogen-bond donors (Lipinski definition) is 1. The zero-order valence-electron chi connectivity index (χ0n) is 13.3. The average molecular weight is 335 g/mol. The summed E-state index contributed by atoms with van der Waals surface area (Å²) >= 11 is 0. The van der Waals surface area contributed by atoms with Crippen LogP contribution >= 0.6 is 0 Å². The minimum atomic E-state index is -0.467. The topological polar surface area (TPSA) is 93.9 Å². The van der Waals surface area contributed by atoms with E-state index in [1.54, 1.807) is 0 Å². The van der Waals surface area contributed by atoms with Crippen molar-refractivity contribution < 1.29 is 19.2 Å². The predicted molar refractivity (Wildman–Crippen MR) is 86.6 cm³/mol. The predicted octanol–water partition coefficient (Wildman–Crippen LogP) is 1.76. The lowest BCUT2D eigenvalue weighted by atomic mass is 10.0. The molecular formula is C16H21N3O5. The van der Waals surface area contributed by atoms with E-state index < -0.39 is 4.92 Å². The van der Waals surface area contributed by atoms with Gasteiger partial charge in [0.1, 0.15) is 0 Å². The van der Waals surface area contributed by atoms with E-state index in [-0.39, 0.29) is 30.5 Å². The third-order valence-corrected chi connectivity index (χ3v) is 4.33. The molecule has 0 radical (unpaired) electrons. The van der Waals surface area contributed by atoms with Gasteiger partial charge in [-0.15, -0.1) is 0 Å². The Bertz CT molecular complexity index is 586. The number of ether oxygens (including phenoxy) is 2. The van der Waals surface area contributed by atoms with Crippen molar-refractivity contribution >= 4 is 17.3 Å². The van der Waals surface area contributed by atoms with Crippen LogP contribution in [0.1, 0.15) is 19.3 Å². The molecule has 8 nitrogen and oxygen atoms in total. The number of nitrogens with zero attached hydrogens (tertiary/aromatic N) is 2. The number of hydrogen-bond acceptors (Lipinski definition) is 6. The summed E-state index contributed by atoms with van der Waals surface area (Å²) in [6.07, 6.45) is 2.86. The number of nitrogens with one attached hydrogen (secondary N) is 1. The maximum atomic E-state index is 12.3. The number of rotatable bonds is 5. The molecule has 2 fully saturated rings. The van der Waals surface area contributed by atoms with Gasteiger partial charge in [0.25, 0.3) is 5.69 Å². The van der Waals surface area contributed by atoms with Crippen LogP contribution in [0.2, 0.25) is 0 Å². The molecule has 2 aliphatic rings. The van der Waals surface area contributed by atoms with Crippen molar-refractivity contribution in [3.05, 3.63) is 34.4 Å². The fourth-order valence-electron chi connectivity index (χ4n) is 3.17.